The molecule has 2 rings (SSSR count). The minimum absolute atomic E-state index is 0.293. The lowest BCUT2D eigenvalue weighted by Crippen LogP contribution is -2.26. The zero-order chi connectivity index (χ0) is 16.7. The van der Waals surface area contributed by atoms with E-state index in [1.165, 1.54) is 0 Å². The molecule has 23 heavy (non-hydrogen) atoms. The van der Waals surface area contributed by atoms with Crippen LogP contribution in [0.15, 0.2) is 53.4 Å². The second kappa shape index (κ2) is 8.47. The van der Waals surface area contributed by atoms with Crippen molar-refractivity contribution in [1.82, 2.24) is 4.72 Å². The molecule has 0 atom stereocenters. The largest absolute Gasteiger partial charge is 0.497 e. The summed E-state index contributed by atoms with van der Waals surface area (Å²) in [6.07, 6.45) is 1.49. The van der Waals surface area contributed by atoms with Gasteiger partial charge >= 0.3 is 0 Å². The highest BCUT2D eigenvalue weighted by Crippen LogP contribution is 2.14. The van der Waals surface area contributed by atoms with E-state index >= 15 is 0 Å². The number of hydrogen-bond donors (Lipinski definition) is 1. The minimum Gasteiger partial charge on any atom is -0.497 e. The molecule has 2 aromatic rings. The van der Waals surface area contributed by atoms with E-state index in [0.29, 0.717) is 17.9 Å². The topological polar surface area (TPSA) is 55.4 Å². The van der Waals surface area contributed by atoms with E-state index in [1.54, 1.807) is 19.2 Å². The molecule has 0 radical (unpaired) electrons. The molecule has 124 valence electrons. The Morgan fingerprint density at radius 3 is 2.43 bits per heavy atom. The Balaban J connectivity index is 1.95. The number of ether oxygens (including phenoxy) is 1. The fourth-order valence-electron chi connectivity index (χ4n) is 2.19. The maximum absolute atomic E-state index is 12.3. The number of benzene rings is 2. The van der Waals surface area contributed by atoms with E-state index in [9.17, 15) is 8.42 Å². The molecule has 0 heterocycles. The van der Waals surface area contributed by atoms with E-state index in [2.05, 4.69) is 20.7 Å². The van der Waals surface area contributed by atoms with Crippen LogP contribution in [0.25, 0.3) is 0 Å². The summed E-state index contributed by atoms with van der Waals surface area (Å²) in [6, 6.07) is 14.6. The van der Waals surface area contributed by atoms with Crippen molar-refractivity contribution < 1.29 is 13.2 Å². The molecule has 0 aliphatic carbocycles. The molecule has 0 saturated carbocycles. The van der Waals surface area contributed by atoms with Crippen molar-refractivity contribution in [3.63, 3.8) is 0 Å². The summed E-state index contributed by atoms with van der Waals surface area (Å²) in [5.41, 5.74) is 2.14. The quantitative estimate of drug-likeness (QED) is 0.695. The zero-order valence-electron chi connectivity index (χ0n) is 13.0. The molecule has 2 aromatic carbocycles. The average Bonchev–Trinajstić information content (AvgIpc) is 2.56. The van der Waals surface area contributed by atoms with Crippen LogP contribution in [0.3, 0.4) is 0 Å². The molecule has 0 bridgehead atoms. The predicted molar refractivity (Wildman–Crippen MR) is 95.8 cm³/mol. The second-order valence-corrected chi connectivity index (χ2v) is 7.64. The molecule has 0 aliphatic rings. The maximum Gasteiger partial charge on any atom is 0.240 e. The van der Waals surface area contributed by atoms with Gasteiger partial charge in [0.25, 0.3) is 0 Å². The van der Waals surface area contributed by atoms with Crippen LogP contribution in [-0.4, -0.2) is 27.4 Å². The number of aryl methyl sites for hydroxylation is 1. The number of nitrogens with one attached hydrogen (secondary N) is 1. The summed E-state index contributed by atoms with van der Waals surface area (Å²) in [7, 11) is -1.86. The first-order valence-corrected chi connectivity index (χ1v) is 9.93. The fourth-order valence-corrected chi connectivity index (χ4v) is 3.68. The molecular weight excluding hydrogens is 378 g/mol. The highest BCUT2D eigenvalue weighted by Gasteiger charge is 2.13. The van der Waals surface area contributed by atoms with Gasteiger partial charge in [-0.25, -0.2) is 13.1 Å². The van der Waals surface area contributed by atoms with Crippen LogP contribution in [0.2, 0.25) is 0 Å². The first kappa shape index (κ1) is 18.0. The van der Waals surface area contributed by atoms with Crippen LogP contribution in [0, 0.1) is 0 Å². The second-order valence-electron chi connectivity index (χ2n) is 5.08. The molecule has 0 aliphatic heterocycles. The first-order valence-electron chi connectivity index (χ1n) is 7.32. The van der Waals surface area contributed by atoms with Crippen LogP contribution in [0.1, 0.15) is 11.1 Å². The third-order valence-electron chi connectivity index (χ3n) is 3.46. The smallest absolute Gasteiger partial charge is 0.240 e. The Morgan fingerprint density at radius 1 is 1.04 bits per heavy atom. The minimum atomic E-state index is -3.47. The van der Waals surface area contributed by atoms with E-state index < -0.39 is 10.0 Å². The first-order chi connectivity index (χ1) is 11.0. The van der Waals surface area contributed by atoms with Gasteiger partial charge in [-0.3, -0.25) is 0 Å². The lowest BCUT2D eigenvalue weighted by atomic mass is 10.1. The monoisotopic (exact) mass is 397 g/mol. The molecule has 4 nitrogen and oxygen atoms in total. The van der Waals surface area contributed by atoms with E-state index in [-0.39, 0.29) is 0 Å². The van der Waals surface area contributed by atoms with Gasteiger partial charge in [0.05, 0.1) is 12.0 Å². The number of alkyl halides is 1. The number of hydrogen-bond acceptors (Lipinski definition) is 3. The maximum atomic E-state index is 12.3. The Labute approximate surface area is 146 Å². The van der Waals surface area contributed by atoms with Gasteiger partial charge in [-0.05, 0) is 48.2 Å². The summed E-state index contributed by atoms with van der Waals surface area (Å²) in [6.45, 7) is 0.346. The van der Waals surface area contributed by atoms with Gasteiger partial charge in [-0.15, -0.1) is 0 Å². The lowest BCUT2D eigenvalue weighted by molar-refractivity contribution is 0.414. The predicted octanol–water partition coefficient (Wildman–Crippen LogP) is 3.15. The summed E-state index contributed by atoms with van der Waals surface area (Å²) in [5, 5.41) is 0.859. The van der Waals surface area contributed by atoms with Gasteiger partial charge in [0.2, 0.25) is 10.0 Å². The van der Waals surface area contributed by atoms with Crippen LogP contribution in [0.5, 0.6) is 5.75 Å². The Hall–Kier alpha value is -1.37. The van der Waals surface area contributed by atoms with E-state index in [1.807, 2.05) is 36.4 Å². The summed E-state index contributed by atoms with van der Waals surface area (Å²) in [4.78, 5) is 0.293. The lowest BCUT2D eigenvalue weighted by Gasteiger charge is -2.08. The fraction of sp³-hybridized carbons (Fsp3) is 0.294. The van der Waals surface area contributed by atoms with Crippen molar-refractivity contribution in [1.29, 1.82) is 0 Å². The van der Waals surface area contributed by atoms with Gasteiger partial charge in [0.15, 0.2) is 0 Å². The number of rotatable bonds is 8. The molecule has 0 spiro atoms. The van der Waals surface area contributed by atoms with Crippen LogP contribution in [-0.2, 0) is 22.9 Å². The van der Waals surface area contributed by atoms with Crippen LogP contribution >= 0.6 is 15.9 Å². The van der Waals surface area contributed by atoms with Crippen LogP contribution < -0.4 is 9.46 Å². The Kier molecular flexibility index (Phi) is 6.62. The van der Waals surface area contributed by atoms with Crippen molar-refractivity contribution >= 4 is 26.0 Å². The Morgan fingerprint density at radius 2 is 1.78 bits per heavy atom. The number of halogens is 1. The van der Waals surface area contributed by atoms with E-state index in [0.717, 1.165) is 28.6 Å². The molecule has 0 saturated heterocycles. The highest BCUT2D eigenvalue weighted by molar-refractivity contribution is 9.09. The van der Waals surface area contributed by atoms with E-state index in [4.69, 9.17) is 4.74 Å². The van der Waals surface area contributed by atoms with Gasteiger partial charge in [0, 0.05) is 11.9 Å². The third-order valence-corrected chi connectivity index (χ3v) is 5.33. The molecule has 6 heteroatoms. The van der Waals surface area contributed by atoms with Crippen molar-refractivity contribution in [3.05, 3.63) is 59.7 Å². The van der Waals surface area contributed by atoms with Gasteiger partial charge < -0.3 is 4.74 Å². The molecule has 0 amide bonds. The van der Waals surface area contributed by atoms with Gasteiger partial charge in [-0.1, -0.05) is 40.2 Å². The van der Waals surface area contributed by atoms with Crippen molar-refractivity contribution in [2.24, 2.45) is 0 Å². The highest BCUT2D eigenvalue weighted by atomic mass is 79.9. The van der Waals surface area contributed by atoms with Crippen molar-refractivity contribution in [2.45, 2.75) is 17.7 Å². The van der Waals surface area contributed by atoms with Crippen molar-refractivity contribution in [3.8, 4) is 5.75 Å². The SMILES string of the molecule is COc1cccc(CCNS(=O)(=O)c2ccc(CCBr)cc2)c1. The van der Waals surface area contributed by atoms with Gasteiger partial charge in [0.1, 0.15) is 5.75 Å². The third kappa shape index (κ3) is 5.34. The number of methoxy groups -OCH3 is 1. The standard InChI is InChI=1S/C17H20BrNO3S/c1-22-16-4-2-3-15(13-16)10-12-19-23(20,21)17-7-5-14(6-8-17)9-11-18/h2-8,13,19H,9-12H2,1H3. The van der Waals surface area contributed by atoms with Crippen LogP contribution in [0.4, 0.5) is 0 Å². The molecule has 0 aromatic heterocycles. The Bertz CT molecular complexity index is 730. The molecule has 0 unspecified atom stereocenters. The summed E-state index contributed by atoms with van der Waals surface area (Å²) >= 11 is 3.37. The average molecular weight is 398 g/mol. The molecule has 0 fully saturated rings. The van der Waals surface area contributed by atoms with Gasteiger partial charge in [-0.2, -0.15) is 0 Å². The number of sulfonamides is 1. The van der Waals surface area contributed by atoms with Crippen molar-refractivity contribution in [2.75, 3.05) is 19.0 Å². The normalized spacial score (nSPS) is 11.4. The molecule has 1 N–H and O–H groups in total. The zero-order valence-corrected chi connectivity index (χ0v) is 15.4. The summed E-state index contributed by atoms with van der Waals surface area (Å²) in [5.74, 6) is 0.771. The summed E-state index contributed by atoms with van der Waals surface area (Å²) < 4.78 is 32.3. The molecular formula is C17H20BrNO3S.